The van der Waals surface area contributed by atoms with Gasteiger partial charge < -0.3 is 8.84 Å². The number of carbonyl (C=O) groups is 1. The van der Waals surface area contributed by atoms with Gasteiger partial charge in [-0.3, -0.25) is 9.69 Å². The molecule has 0 saturated heterocycles. The van der Waals surface area contributed by atoms with Crippen LogP contribution in [0.3, 0.4) is 0 Å². The highest BCUT2D eigenvalue weighted by Crippen LogP contribution is 2.38. The Kier molecular flexibility index (Phi) is 6.33. The van der Waals surface area contributed by atoms with Crippen LogP contribution in [0.15, 0.2) is 99.3 Å². The van der Waals surface area contributed by atoms with Crippen molar-refractivity contribution in [3.05, 3.63) is 102 Å². The summed E-state index contributed by atoms with van der Waals surface area (Å²) in [6, 6.07) is 21.6. The van der Waals surface area contributed by atoms with Crippen LogP contribution < -0.4 is 4.43 Å². The number of amides is 1. The number of nitrogens with zero attached hydrogens (tertiary/aromatic N) is 3. The molecule has 3 aromatic rings. The molecule has 2 aliphatic heterocycles. The predicted octanol–water partition coefficient (Wildman–Crippen LogP) is 6.94. The first kappa shape index (κ1) is 24.7. The zero-order valence-corrected chi connectivity index (χ0v) is 22.9. The highest BCUT2D eigenvalue weighted by molar-refractivity contribution is 6.74. The van der Waals surface area contributed by atoms with Crippen LogP contribution in [0.4, 0.5) is 0 Å². The van der Waals surface area contributed by atoms with Crippen LogP contribution in [-0.2, 0) is 11.2 Å². The first-order valence-corrected chi connectivity index (χ1v) is 15.3. The fourth-order valence-electron chi connectivity index (χ4n) is 3.90. The summed E-state index contributed by atoms with van der Waals surface area (Å²) in [4.78, 5) is 24.5. The molecular formula is C30H31N3O3Si. The first-order valence-electron chi connectivity index (χ1n) is 12.4. The molecule has 0 bridgehead atoms. The molecule has 7 heteroatoms. The lowest BCUT2D eigenvalue weighted by Crippen LogP contribution is -2.43. The number of hydrogen-bond acceptors (Lipinski definition) is 5. The molecule has 0 radical (unpaired) electrons. The average molecular weight is 510 g/mol. The van der Waals surface area contributed by atoms with Crippen LogP contribution in [-0.4, -0.2) is 30.7 Å². The molecule has 0 saturated carbocycles. The molecule has 6 nitrogen and oxygen atoms in total. The van der Waals surface area contributed by atoms with Gasteiger partial charge in [0.25, 0.3) is 5.91 Å². The van der Waals surface area contributed by atoms with Crippen molar-refractivity contribution in [2.45, 2.75) is 45.3 Å². The van der Waals surface area contributed by atoms with Crippen molar-refractivity contribution in [3.63, 3.8) is 0 Å². The SMILES string of the molecule is CC(C)(C)[Si](C)(C)Oc1ccc(C2=CN3C(=O)C(=Cc4ccco4)N=C3C(Cc3ccccc3)=N2)cc1. The van der Waals surface area contributed by atoms with Crippen LogP contribution in [0.5, 0.6) is 5.75 Å². The third-order valence-electron chi connectivity index (χ3n) is 7.02. The zero-order valence-electron chi connectivity index (χ0n) is 21.9. The normalized spacial score (nSPS) is 16.9. The van der Waals surface area contributed by atoms with E-state index in [1.165, 1.54) is 0 Å². The van der Waals surface area contributed by atoms with Gasteiger partial charge in [0.1, 0.15) is 17.2 Å². The highest BCUT2D eigenvalue weighted by atomic mass is 28.4. The molecule has 0 spiro atoms. The number of fused-ring (bicyclic) bond motifs is 1. The quantitative estimate of drug-likeness (QED) is 0.267. The Morgan fingerprint density at radius 2 is 1.70 bits per heavy atom. The van der Waals surface area contributed by atoms with Crippen LogP contribution in [0.25, 0.3) is 11.8 Å². The summed E-state index contributed by atoms with van der Waals surface area (Å²) in [6.45, 7) is 11.1. The fourth-order valence-corrected chi connectivity index (χ4v) is 4.93. The number of carbonyl (C=O) groups excluding carboxylic acids is 1. The average Bonchev–Trinajstić information content (AvgIpc) is 3.48. The maximum absolute atomic E-state index is 13.3. The van der Waals surface area contributed by atoms with Crippen LogP contribution in [0, 0.1) is 0 Å². The predicted molar refractivity (Wildman–Crippen MR) is 151 cm³/mol. The highest BCUT2D eigenvalue weighted by Gasteiger charge is 2.39. The molecule has 0 unspecified atom stereocenters. The Morgan fingerprint density at radius 3 is 2.35 bits per heavy atom. The fraction of sp³-hybridized carbons (Fsp3) is 0.233. The van der Waals surface area contributed by atoms with Crippen LogP contribution in [0.2, 0.25) is 18.1 Å². The summed E-state index contributed by atoms with van der Waals surface area (Å²) in [5.41, 5.74) is 3.77. The van der Waals surface area contributed by atoms with Crippen molar-refractivity contribution in [2.24, 2.45) is 9.98 Å². The lowest BCUT2D eigenvalue weighted by atomic mass is 10.0. The van der Waals surface area contributed by atoms with Crippen molar-refractivity contribution in [2.75, 3.05) is 0 Å². The molecule has 0 aliphatic carbocycles. The Labute approximate surface area is 218 Å². The summed E-state index contributed by atoms with van der Waals surface area (Å²) >= 11 is 0. The van der Waals surface area contributed by atoms with E-state index in [9.17, 15) is 4.79 Å². The van der Waals surface area contributed by atoms with E-state index in [4.69, 9.17) is 13.8 Å². The van der Waals surface area contributed by atoms with E-state index in [0.29, 0.717) is 29.4 Å². The van der Waals surface area contributed by atoms with Gasteiger partial charge >= 0.3 is 0 Å². The van der Waals surface area contributed by atoms with Gasteiger partial charge in [-0.2, -0.15) is 0 Å². The minimum absolute atomic E-state index is 0.112. The Balaban J connectivity index is 1.48. The zero-order chi connectivity index (χ0) is 26.2. The van der Waals surface area contributed by atoms with Crippen molar-refractivity contribution in [1.82, 2.24) is 4.90 Å². The molecular weight excluding hydrogens is 478 g/mol. The number of hydrogen-bond donors (Lipinski definition) is 0. The van der Waals surface area contributed by atoms with Crippen LogP contribution in [0.1, 0.15) is 37.7 Å². The standard InChI is InChI=1S/C30H31N3O3Si/c1-30(2,3)37(4,5)36-23-15-13-22(14-16-23)27-20-33-28(25(31-27)18-21-10-7-6-8-11-21)32-26(29(33)34)19-24-12-9-17-35-24/h6-17,19-20H,18H2,1-5H3. The lowest BCUT2D eigenvalue weighted by molar-refractivity contribution is -0.120. The van der Waals surface area contributed by atoms with Crippen LogP contribution >= 0.6 is 0 Å². The monoisotopic (exact) mass is 509 g/mol. The van der Waals surface area contributed by atoms with E-state index in [0.717, 1.165) is 22.6 Å². The minimum Gasteiger partial charge on any atom is -0.544 e. The van der Waals surface area contributed by atoms with E-state index < -0.39 is 8.32 Å². The summed E-state index contributed by atoms with van der Waals surface area (Å²) in [7, 11) is -1.94. The van der Waals surface area contributed by atoms with E-state index in [1.54, 1.807) is 35.6 Å². The molecule has 2 aliphatic rings. The molecule has 1 aromatic heterocycles. The van der Waals surface area contributed by atoms with Crippen molar-refractivity contribution < 1.29 is 13.6 Å². The van der Waals surface area contributed by atoms with Crippen molar-refractivity contribution in [3.8, 4) is 5.75 Å². The Hall–Kier alpha value is -3.97. The smallest absolute Gasteiger partial charge is 0.282 e. The number of furan rings is 1. The number of rotatable bonds is 6. The number of aliphatic imine (C=N–C) groups is 2. The first-order chi connectivity index (χ1) is 17.6. The summed E-state index contributed by atoms with van der Waals surface area (Å²) < 4.78 is 11.8. The van der Waals surface area contributed by atoms with Gasteiger partial charge in [-0.05, 0) is 60.1 Å². The van der Waals surface area contributed by atoms with Gasteiger partial charge in [0.15, 0.2) is 5.84 Å². The van der Waals surface area contributed by atoms with Gasteiger partial charge in [-0.15, -0.1) is 0 Å². The van der Waals surface area contributed by atoms with Crippen molar-refractivity contribution >= 4 is 37.5 Å². The van der Waals surface area contributed by atoms with E-state index in [2.05, 4.69) is 51.0 Å². The molecule has 0 atom stereocenters. The largest absolute Gasteiger partial charge is 0.544 e. The molecule has 5 rings (SSSR count). The Morgan fingerprint density at radius 1 is 0.973 bits per heavy atom. The molecule has 37 heavy (non-hydrogen) atoms. The second-order valence-electron chi connectivity index (χ2n) is 10.8. The van der Waals surface area contributed by atoms with Gasteiger partial charge in [0.05, 0.1) is 17.7 Å². The molecule has 188 valence electrons. The van der Waals surface area contributed by atoms with Gasteiger partial charge in [-0.25, -0.2) is 9.98 Å². The summed E-state index contributed by atoms with van der Waals surface area (Å²) in [6.07, 6.45) is 5.56. The maximum Gasteiger partial charge on any atom is 0.282 e. The third kappa shape index (κ3) is 5.13. The topological polar surface area (TPSA) is 67.4 Å². The molecule has 2 aromatic carbocycles. The molecule has 0 fully saturated rings. The molecule has 0 N–H and O–H groups in total. The summed E-state index contributed by atoms with van der Waals surface area (Å²) in [5, 5.41) is 0.112. The second kappa shape index (κ2) is 9.48. The number of amidine groups is 1. The molecule has 3 heterocycles. The van der Waals surface area contributed by atoms with Gasteiger partial charge in [0, 0.05) is 24.3 Å². The van der Waals surface area contributed by atoms with E-state index in [1.807, 2.05) is 42.5 Å². The Bertz CT molecular complexity index is 1430. The van der Waals surface area contributed by atoms with E-state index >= 15 is 0 Å². The second-order valence-corrected chi connectivity index (χ2v) is 15.5. The van der Waals surface area contributed by atoms with Crippen molar-refractivity contribution in [1.29, 1.82) is 0 Å². The van der Waals surface area contributed by atoms with Gasteiger partial charge in [-0.1, -0.05) is 51.1 Å². The number of benzene rings is 2. The van der Waals surface area contributed by atoms with Gasteiger partial charge in [0.2, 0.25) is 8.32 Å². The summed E-state index contributed by atoms with van der Waals surface area (Å²) in [5.74, 6) is 1.77. The minimum atomic E-state index is -1.94. The lowest BCUT2D eigenvalue weighted by Gasteiger charge is -2.36. The maximum atomic E-state index is 13.3. The molecule has 1 amide bonds. The third-order valence-corrected chi connectivity index (χ3v) is 11.4. The van der Waals surface area contributed by atoms with E-state index in [-0.39, 0.29) is 10.9 Å².